The fraction of sp³-hybridized carbons (Fsp3) is 0.900. The Morgan fingerprint density at radius 3 is 1.17 bits per heavy atom. The lowest BCUT2D eigenvalue weighted by Gasteiger charge is -2.52. The molecular weight excluding hydrogens is 1730 g/mol. The molecule has 0 unspecified atom stereocenters. The number of carbonyl (C=O) groups is 7. The molecule has 8 heterocycles. The number of aliphatic carboxylic acids is 2. The van der Waals surface area contributed by atoms with Gasteiger partial charge in [-0.1, -0.05) is 0 Å². The molecule has 0 bridgehead atoms. The van der Waals surface area contributed by atoms with Crippen molar-refractivity contribution in [3.8, 4) is 0 Å². The normalized spacial score (nSPS) is 43.1. The van der Waals surface area contributed by atoms with Crippen LogP contribution in [0, 0.1) is 0 Å². The molecule has 8 fully saturated rings. The van der Waals surface area contributed by atoms with Gasteiger partial charge in [0.2, 0.25) is 29.5 Å². The van der Waals surface area contributed by atoms with E-state index in [9.17, 15) is 177 Å². The van der Waals surface area contributed by atoms with Gasteiger partial charge in [0.25, 0.3) is 11.6 Å². The minimum Gasteiger partial charge on any atom is -0.477 e. The molecule has 46 atom stereocenters. The van der Waals surface area contributed by atoms with Gasteiger partial charge >= 0.3 is 11.9 Å². The topological polar surface area (TPSA) is 894 Å². The van der Waals surface area contributed by atoms with Crippen molar-refractivity contribution in [3.63, 3.8) is 0 Å². The highest BCUT2D eigenvalue weighted by Gasteiger charge is 2.65. The summed E-state index contributed by atoms with van der Waals surface area (Å²) in [6.45, 7) is -5.48. The largest absolute Gasteiger partial charge is 0.477 e. The first-order valence-corrected chi connectivity index (χ1v) is 39.7. The summed E-state index contributed by atoms with van der Waals surface area (Å²) in [6, 6.07) is -9.52. The molecule has 0 saturated carbocycles. The summed E-state index contributed by atoms with van der Waals surface area (Å²) in [7, 11) is 0. The van der Waals surface area contributed by atoms with Crippen LogP contribution in [0.15, 0.2) is 0 Å². The van der Waals surface area contributed by atoms with E-state index in [0.29, 0.717) is 0 Å². The summed E-state index contributed by atoms with van der Waals surface area (Å²) < 4.78 is 94.2. The predicted octanol–water partition coefficient (Wildman–Crippen LogP) is -20.8. The lowest BCUT2D eigenvalue weighted by Crippen LogP contribution is -2.72. The molecule has 8 aliphatic heterocycles. The maximum atomic E-state index is 13.5. The van der Waals surface area contributed by atoms with Crippen molar-refractivity contribution in [2.24, 2.45) is 0 Å². The van der Waals surface area contributed by atoms with Gasteiger partial charge in [0.05, 0.1) is 95.9 Å². The van der Waals surface area contributed by atoms with Crippen molar-refractivity contribution in [1.82, 2.24) is 26.6 Å². The van der Waals surface area contributed by atoms with Crippen molar-refractivity contribution in [1.29, 1.82) is 0 Å². The second-order valence-corrected chi connectivity index (χ2v) is 31.5. The highest BCUT2D eigenvalue weighted by atomic mass is 16.8. The SMILES string of the molecule is CC(=O)N[C@H]1[C@H](OC[C@@H](O)[C@H](O)[C@H](O[C@@H]2O[C@H](CO)[C@H](O)[C@H](O[C@]3(C(=O)O)C[C@H](O)[C@@H](NC(C)=O)[C@H]([C@H](O)[C@H](O)CO)O3)[C@H]2O)[C@H](CO)NC(C)=O)O[C@H](CO)[C@@H](O[C@@H]2O[C@H](CO)[C@H](O)[C@H](O[C@@H]3O[C@H](CO)[C@@H](O[C@@H]4O[C@H](CO)[C@H](O)[C@H](O[C@]5(C(=O)O)C[C@H](O)[C@@H](NC(C)=O)[C@H]([C@H](O)[C@H](O)CO)O5)[C@H]4O)[C@H](O[C@@H]4O[C@@H](C)[C@@H](O)[C@H](O)[C@@H]4O)[C@H]3NC(C)=O)[C@H]2O)[C@@H]1O. The third-order valence-corrected chi connectivity index (χ3v) is 22.3. The number of carboxylic acid groups (broad SMARTS) is 2. The lowest BCUT2D eigenvalue weighted by atomic mass is 9.88. The van der Waals surface area contributed by atoms with Crippen LogP contribution in [-0.4, -0.2) is 525 Å². The van der Waals surface area contributed by atoms with Gasteiger partial charge in [-0.25, -0.2) is 9.59 Å². The van der Waals surface area contributed by atoms with Gasteiger partial charge in [-0.05, 0) is 6.92 Å². The zero-order valence-electron chi connectivity index (χ0n) is 68.1. The summed E-state index contributed by atoms with van der Waals surface area (Å²) in [5, 5.41) is 323. The van der Waals surface area contributed by atoms with Crippen molar-refractivity contribution >= 4 is 41.5 Å². The van der Waals surface area contributed by atoms with Crippen LogP contribution in [0.3, 0.4) is 0 Å². The summed E-state index contributed by atoms with van der Waals surface area (Å²) in [4.78, 5) is 90.2. The Bertz CT molecular complexity index is 3510. The number of rotatable bonds is 39. The van der Waals surface area contributed by atoms with Gasteiger partial charge in [0, 0.05) is 47.5 Å². The smallest absolute Gasteiger partial charge is 0.364 e. The van der Waals surface area contributed by atoms with Crippen LogP contribution in [0.1, 0.15) is 54.4 Å². The summed E-state index contributed by atoms with van der Waals surface area (Å²) >= 11 is 0. The lowest BCUT2D eigenvalue weighted by molar-refractivity contribution is -0.399. The van der Waals surface area contributed by atoms with Crippen LogP contribution in [0.5, 0.6) is 0 Å². The number of carboxylic acids is 2. The summed E-state index contributed by atoms with van der Waals surface area (Å²) in [5.74, 6) is -15.8. The number of amides is 5. The van der Waals surface area contributed by atoms with Gasteiger partial charge < -0.3 is 245 Å². The maximum Gasteiger partial charge on any atom is 0.364 e. The molecule has 0 aromatic rings. The highest BCUT2D eigenvalue weighted by molar-refractivity contribution is 5.78. The summed E-state index contributed by atoms with van der Waals surface area (Å²) in [6.07, 6.45) is -89.7. The first-order chi connectivity index (χ1) is 59.2. The van der Waals surface area contributed by atoms with Gasteiger partial charge in [0.15, 0.2) is 37.7 Å². The van der Waals surface area contributed by atoms with E-state index in [1.54, 1.807) is 0 Å². The third kappa shape index (κ3) is 24.0. The van der Waals surface area contributed by atoms with Crippen LogP contribution < -0.4 is 26.6 Å². The molecular formula is C70H117N5O51. The Morgan fingerprint density at radius 2 is 0.746 bits per heavy atom. The first kappa shape index (κ1) is 106. The third-order valence-electron chi connectivity index (χ3n) is 22.3. The van der Waals surface area contributed by atoms with E-state index in [4.69, 9.17) is 75.8 Å². The van der Waals surface area contributed by atoms with Crippen LogP contribution in [-0.2, 0) is 109 Å². The Labute approximate surface area is 713 Å². The monoisotopic (exact) mass is 1840 g/mol. The van der Waals surface area contributed by atoms with E-state index >= 15 is 0 Å². The van der Waals surface area contributed by atoms with Crippen LogP contribution in [0.2, 0.25) is 0 Å². The molecule has 0 aromatic carbocycles. The van der Waals surface area contributed by atoms with Crippen molar-refractivity contribution in [2.45, 2.75) is 335 Å². The van der Waals surface area contributed by atoms with E-state index in [0.717, 1.165) is 34.6 Å². The second kappa shape index (κ2) is 45.8. The van der Waals surface area contributed by atoms with Crippen LogP contribution in [0.4, 0.5) is 0 Å². The molecule has 33 N–H and O–H groups in total. The Morgan fingerprint density at radius 1 is 0.373 bits per heavy atom. The fourth-order valence-corrected chi connectivity index (χ4v) is 15.8. The van der Waals surface area contributed by atoms with Crippen LogP contribution in [0.25, 0.3) is 0 Å². The standard InChI is InChI=1S/C70H117N5O51/c1-18-39(94)47(102)48(103)63(112-18)121-57-38(75-23(6)88)62(117-34(16-83)54(57)120-66-51(106)60(45(100)32(14-81)115-66)126-70(68(109)110)8-26(90)36(73-21(4)86)56(124-70)41(96)28(92)11-78)122-58-43(98)30(12-79)113-64(49(58)104)119-53-33(15-82)116-61(37(46(53)101)74-22(5)87)111-17-29(93)42(97)52(24(9-76)71-19(2)84)118-65-50(105)59(44(99)31(13-80)114-65)125-69(67(107)108)7-25(89)35(72-20(3)85)55(123-69)40(95)27(91)10-77/h18,24-66,76-83,89-106H,7-17H2,1-6H3,(H,71,84)(H,72,85)(H,73,86)(H,74,87)(H,75,88)(H,107,108)(H,109,110)/t18-,24-,25-,26-,27+,28+,29+,30+,31+,32+,33+,34+,35+,36+,37+,38+,39+,40+,41+,42-,43-,44-,45-,46+,47-,48-,49+,50+,51+,52+,53+,54+,55+,56+,57+,58-,59-,60-,61+,62-,63-,64-,65-,66-,69-,70-/m0/s1. The minimum absolute atomic E-state index is 0.870. The molecule has 5 amide bonds. The van der Waals surface area contributed by atoms with Gasteiger partial charge in [-0.2, -0.15) is 0 Å². The van der Waals surface area contributed by atoms with Gasteiger partial charge in [-0.3, -0.25) is 24.0 Å². The Hall–Kier alpha value is -5.39. The molecule has 728 valence electrons. The van der Waals surface area contributed by atoms with E-state index < -0.39 is 395 Å². The van der Waals surface area contributed by atoms with Gasteiger partial charge in [0.1, 0.15) is 195 Å². The molecule has 8 rings (SSSR count). The number of aliphatic hydroxyl groups is 26. The zero-order valence-corrected chi connectivity index (χ0v) is 68.1. The van der Waals surface area contributed by atoms with E-state index in [2.05, 4.69) is 26.6 Å². The highest BCUT2D eigenvalue weighted by Crippen LogP contribution is 2.43. The number of carbonyl (C=O) groups excluding carboxylic acids is 5. The number of nitrogens with one attached hydrogen (secondary N) is 5. The molecule has 8 saturated heterocycles. The predicted molar refractivity (Wildman–Crippen MR) is 390 cm³/mol. The minimum atomic E-state index is -3.35. The number of aliphatic hydroxyl groups excluding tert-OH is 26. The van der Waals surface area contributed by atoms with E-state index in [1.165, 1.54) is 6.92 Å². The van der Waals surface area contributed by atoms with Crippen molar-refractivity contribution in [3.05, 3.63) is 0 Å². The van der Waals surface area contributed by atoms with E-state index in [-0.39, 0.29) is 0 Å². The Balaban J connectivity index is 1.05. The molecule has 56 heteroatoms. The first-order valence-electron chi connectivity index (χ1n) is 39.7. The van der Waals surface area contributed by atoms with Crippen LogP contribution >= 0.6 is 0 Å². The average molecular weight is 1840 g/mol. The molecule has 0 spiro atoms. The maximum absolute atomic E-state index is 13.5. The second-order valence-electron chi connectivity index (χ2n) is 31.5. The van der Waals surface area contributed by atoms with Crippen molar-refractivity contribution < 1.29 is 252 Å². The fourth-order valence-electron chi connectivity index (χ4n) is 15.8. The van der Waals surface area contributed by atoms with Crippen molar-refractivity contribution in [2.75, 3.05) is 59.5 Å². The average Bonchev–Trinajstić information content (AvgIpc) is 0.791. The zero-order chi connectivity index (χ0) is 94.1. The summed E-state index contributed by atoms with van der Waals surface area (Å²) in [5.41, 5.74) is 0. The molecule has 0 aromatic heterocycles. The number of ether oxygens (including phenoxy) is 16. The Kier molecular flexibility index (Phi) is 38.5. The molecule has 0 radical (unpaired) electrons. The number of hydrogen-bond acceptors (Lipinski definition) is 49. The van der Waals surface area contributed by atoms with E-state index in [1.807, 2.05) is 0 Å². The molecule has 126 heavy (non-hydrogen) atoms. The number of hydrogen-bond donors (Lipinski definition) is 33. The molecule has 0 aliphatic carbocycles. The van der Waals surface area contributed by atoms with Gasteiger partial charge in [-0.15, -0.1) is 0 Å². The molecule has 8 aliphatic rings. The molecule has 56 nitrogen and oxygen atoms in total. The quantitative estimate of drug-likeness (QED) is 0.0272.